The van der Waals surface area contributed by atoms with E-state index in [4.69, 9.17) is 0 Å². The summed E-state index contributed by atoms with van der Waals surface area (Å²) in [6.45, 7) is 0. The minimum absolute atomic E-state index is 0.0191. The fraction of sp³-hybridized carbons (Fsp3) is 0.267. The third-order valence-electron chi connectivity index (χ3n) is 3.40. The maximum atomic E-state index is 13.2. The molecule has 0 aliphatic rings. The third-order valence-corrected chi connectivity index (χ3v) is 3.89. The maximum absolute atomic E-state index is 13.2. The highest BCUT2D eigenvalue weighted by molar-refractivity contribution is 9.10. The van der Waals surface area contributed by atoms with Crippen molar-refractivity contribution in [3.8, 4) is 0 Å². The van der Waals surface area contributed by atoms with Gasteiger partial charge in [-0.25, -0.2) is 0 Å². The molecule has 0 saturated carbocycles. The molecule has 0 bridgehead atoms. The Balaban J connectivity index is 2.71. The number of nitrogens with zero attached hydrogens (tertiary/aromatic N) is 1. The molecule has 2 aromatic rings. The Kier molecular flexibility index (Phi) is 4.85. The fourth-order valence-electron chi connectivity index (χ4n) is 2.29. The van der Waals surface area contributed by atoms with Crippen LogP contribution in [-0.4, -0.2) is 4.57 Å². The first-order chi connectivity index (χ1) is 10.9. The van der Waals surface area contributed by atoms with Gasteiger partial charge in [0.15, 0.2) is 0 Å². The van der Waals surface area contributed by atoms with Crippen molar-refractivity contribution in [1.29, 1.82) is 0 Å². The summed E-state index contributed by atoms with van der Waals surface area (Å²) in [4.78, 5) is 12.1. The molecule has 0 N–H and O–H groups in total. The molecule has 0 fully saturated rings. The Morgan fingerprint density at radius 2 is 1.67 bits per heavy atom. The lowest BCUT2D eigenvalue weighted by Gasteiger charge is -2.18. The van der Waals surface area contributed by atoms with Gasteiger partial charge >= 0.3 is 12.4 Å². The van der Waals surface area contributed by atoms with E-state index >= 15 is 0 Å². The van der Waals surface area contributed by atoms with Gasteiger partial charge < -0.3 is 4.57 Å². The Labute approximate surface area is 140 Å². The van der Waals surface area contributed by atoms with Crippen LogP contribution in [0.25, 0.3) is 0 Å². The van der Waals surface area contributed by atoms with Crippen LogP contribution in [0.5, 0.6) is 0 Å². The highest BCUT2D eigenvalue weighted by atomic mass is 79.9. The van der Waals surface area contributed by atoms with Crippen LogP contribution in [0.2, 0.25) is 0 Å². The SMILES string of the molecule is Cn1c(C(F)(F)F)cc(C(F)(F)F)c(Cc2cccc(Br)c2)c1=O. The number of pyridine rings is 1. The highest BCUT2D eigenvalue weighted by Crippen LogP contribution is 2.36. The predicted octanol–water partition coefficient (Wildman–Crippen LogP) is 4.78. The summed E-state index contributed by atoms with van der Waals surface area (Å²) < 4.78 is 79.0. The van der Waals surface area contributed by atoms with Gasteiger partial charge in [-0.1, -0.05) is 28.1 Å². The number of aromatic nitrogens is 1. The maximum Gasteiger partial charge on any atom is 0.431 e. The van der Waals surface area contributed by atoms with Crippen LogP contribution in [-0.2, 0) is 25.8 Å². The van der Waals surface area contributed by atoms with E-state index in [0.29, 0.717) is 10.0 Å². The van der Waals surface area contributed by atoms with E-state index in [-0.39, 0.29) is 10.6 Å². The van der Waals surface area contributed by atoms with Crippen molar-refractivity contribution in [2.24, 2.45) is 7.05 Å². The lowest BCUT2D eigenvalue weighted by atomic mass is 10.00. The van der Waals surface area contributed by atoms with Crippen molar-refractivity contribution in [3.63, 3.8) is 0 Å². The van der Waals surface area contributed by atoms with E-state index in [1.165, 1.54) is 12.1 Å². The fourth-order valence-corrected chi connectivity index (χ4v) is 2.74. The van der Waals surface area contributed by atoms with E-state index < -0.39 is 41.2 Å². The molecular formula is C15H10BrF6NO. The van der Waals surface area contributed by atoms with E-state index in [1.54, 1.807) is 12.1 Å². The van der Waals surface area contributed by atoms with Crippen molar-refractivity contribution >= 4 is 15.9 Å². The topological polar surface area (TPSA) is 22.0 Å². The van der Waals surface area contributed by atoms with Crippen LogP contribution in [0.3, 0.4) is 0 Å². The van der Waals surface area contributed by atoms with Crippen LogP contribution in [0.15, 0.2) is 39.6 Å². The minimum Gasteiger partial charge on any atom is -0.307 e. The van der Waals surface area contributed by atoms with Crippen LogP contribution in [0.1, 0.15) is 22.4 Å². The van der Waals surface area contributed by atoms with Gasteiger partial charge in [0, 0.05) is 23.5 Å². The largest absolute Gasteiger partial charge is 0.431 e. The molecule has 1 aromatic heterocycles. The van der Waals surface area contributed by atoms with Crippen molar-refractivity contribution in [1.82, 2.24) is 4.57 Å². The van der Waals surface area contributed by atoms with Gasteiger partial charge in [-0.2, -0.15) is 26.3 Å². The summed E-state index contributed by atoms with van der Waals surface area (Å²) in [6, 6.07) is 6.16. The van der Waals surface area contributed by atoms with Crippen molar-refractivity contribution in [2.75, 3.05) is 0 Å². The average molecular weight is 414 g/mol. The smallest absolute Gasteiger partial charge is 0.307 e. The molecule has 130 valence electrons. The predicted molar refractivity (Wildman–Crippen MR) is 78.6 cm³/mol. The van der Waals surface area contributed by atoms with E-state index in [2.05, 4.69) is 15.9 Å². The molecular weight excluding hydrogens is 404 g/mol. The summed E-state index contributed by atoms with van der Waals surface area (Å²) in [5, 5.41) is 0. The Hall–Kier alpha value is -1.77. The van der Waals surface area contributed by atoms with E-state index in [0.717, 1.165) is 7.05 Å². The third kappa shape index (κ3) is 3.82. The summed E-state index contributed by atoms with van der Waals surface area (Å²) in [5.74, 6) is 0. The zero-order chi connectivity index (χ0) is 18.3. The molecule has 24 heavy (non-hydrogen) atoms. The van der Waals surface area contributed by atoms with Crippen molar-refractivity contribution < 1.29 is 26.3 Å². The molecule has 0 unspecified atom stereocenters. The quantitative estimate of drug-likeness (QED) is 0.649. The minimum atomic E-state index is -5.07. The first kappa shape index (κ1) is 18.6. The molecule has 0 aliphatic heterocycles. The molecule has 1 heterocycles. The first-order valence-electron chi connectivity index (χ1n) is 6.53. The Morgan fingerprint density at radius 3 is 2.17 bits per heavy atom. The van der Waals surface area contributed by atoms with Gasteiger partial charge in [0.25, 0.3) is 5.56 Å². The van der Waals surface area contributed by atoms with Crippen LogP contribution < -0.4 is 5.56 Å². The summed E-state index contributed by atoms with van der Waals surface area (Å²) in [5.41, 5.74) is -4.89. The number of halogens is 7. The number of hydrogen-bond acceptors (Lipinski definition) is 1. The van der Waals surface area contributed by atoms with Crippen LogP contribution >= 0.6 is 15.9 Å². The molecule has 0 aliphatic carbocycles. The van der Waals surface area contributed by atoms with Gasteiger partial charge in [-0.05, 0) is 23.8 Å². The number of alkyl halides is 6. The second kappa shape index (κ2) is 6.27. The monoisotopic (exact) mass is 413 g/mol. The summed E-state index contributed by atoms with van der Waals surface area (Å²) >= 11 is 3.15. The van der Waals surface area contributed by atoms with Crippen LogP contribution in [0.4, 0.5) is 26.3 Å². The molecule has 2 rings (SSSR count). The van der Waals surface area contributed by atoms with Gasteiger partial charge in [0.2, 0.25) is 0 Å². The second-order valence-corrected chi connectivity index (χ2v) is 6.00. The Morgan fingerprint density at radius 1 is 1.04 bits per heavy atom. The molecule has 0 radical (unpaired) electrons. The van der Waals surface area contributed by atoms with Gasteiger partial charge in [0.05, 0.1) is 5.56 Å². The zero-order valence-electron chi connectivity index (χ0n) is 12.1. The lowest BCUT2D eigenvalue weighted by molar-refractivity contribution is -0.147. The molecule has 0 amide bonds. The number of benzene rings is 1. The highest BCUT2D eigenvalue weighted by Gasteiger charge is 2.41. The second-order valence-electron chi connectivity index (χ2n) is 5.09. The number of rotatable bonds is 2. The molecule has 2 nitrogen and oxygen atoms in total. The van der Waals surface area contributed by atoms with Gasteiger partial charge in [0.1, 0.15) is 5.69 Å². The van der Waals surface area contributed by atoms with Crippen LogP contribution in [0, 0.1) is 0 Å². The molecule has 0 saturated heterocycles. The van der Waals surface area contributed by atoms with Gasteiger partial charge in [-0.3, -0.25) is 4.79 Å². The van der Waals surface area contributed by atoms with Crippen molar-refractivity contribution in [2.45, 2.75) is 18.8 Å². The summed E-state index contributed by atoms with van der Waals surface area (Å²) in [7, 11) is 0.801. The lowest BCUT2D eigenvalue weighted by Crippen LogP contribution is -2.32. The molecule has 0 atom stereocenters. The summed E-state index contributed by atoms with van der Waals surface area (Å²) in [6.07, 6.45) is -10.6. The van der Waals surface area contributed by atoms with E-state index in [9.17, 15) is 31.1 Å². The molecule has 1 aromatic carbocycles. The van der Waals surface area contributed by atoms with E-state index in [1.807, 2.05) is 0 Å². The zero-order valence-corrected chi connectivity index (χ0v) is 13.7. The normalized spacial score (nSPS) is 12.5. The molecule has 9 heteroatoms. The standard InChI is InChI=1S/C15H10BrF6NO/c1-23-12(15(20,21)22)7-11(14(17,18)19)10(13(23)24)6-8-3-2-4-9(16)5-8/h2-5,7H,6H2,1H3. The van der Waals surface area contributed by atoms with Crippen molar-refractivity contribution in [3.05, 3.63) is 67.5 Å². The molecule has 0 spiro atoms. The van der Waals surface area contributed by atoms with Gasteiger partial charge in [-0.15, -0.1) is 0 Å². The average Bonchev–Trinajstić information content (AvgIpc) is 2.41. The first-order valence-corrected chi connectivity index (χ1v) is 7.32. The Bertz CT molecular complexity index is 822. The number of hydrogen-bond donors (Lipinski definition) is 0.